The lowest BCUT2D eigenvalue weighted by Crippen LogP contribution is -2.39. The third-order valence-electron chi connectivity index (χ3n) is 6.02. The Labute approximate surface area is 197 Å². The molecule has 0 bridgehead atoms. The minimum absolute atomic E-state index is 0.788. The van der Waals surface area contributed by atoms with Gasteiger partial charge in [0.1, 0.15) is 28.5 Å². The number of hydrogen-bond acceptors (Lipinski definition) is 1. The molecule has 33 heavy (non-hydrogen) atoms. The van der Waals surface area contributed by atoms with E-state index in [4.69, 9.17) is 0 Å². The molecule has 2 heteroatoms. The van der Waals surface area contributed by atoms with Gasteiger partial charge in [-0.15, -0.1) is 0 Å². The van der Waals surface area contributed by atoms with Crippen LogP contribution in [0.2, 0.25) is 0 Å². The SMILES string of the molecule is c1ccc(CNc2ccccc2[P+](c2ccccc2)(c2ccccc2)c2ccccc2)cc1. The molecular weight excluding hydrogens is 417 g/mol. The fourth-order valence-electron chi connectivity index (χ4n) is 4.53. The van der Waals surface area contributed by atoms with Crippen molar-refractivity contribution in [1.29, 1.82) is 0 Å². The Morgan fingerprint density at radius 1 is 0.424 bits per heavy atom. The van der Waals surface area contributed by atoms with E-state index in [1.54, 1.807) is 0 Å². The van der Waals surface area contributed by atoms with E-state index in [2.05, 4.69) is 151 Å². The van der Waals surface area contributed by atoms with Gasteiger partial charge in [0.15, 0.2) is 0 Å². The molecule has 0 aliphatic rings. The molecule has 160 valence electrons. The fraction of sp³-hybridized carbons (Fsp3) is 0.0323. The third kappa shape index (κ3) is 4.21. The summed E-state index contributed by atoms with van der Waals surface area (Å²) in [4.78, 5) is 0. The van der Waals surface area contributed by atoms with Crippen molar-refractivity contribution in [3.05, 3.63) is 151 Å². The summed E-state index contributed by atoms with van der Waals surface area (Å²) in [7, 11) is -2.13. The van der Waals surface area contributed by atoms with E-state index in [9.17, 15) is 0 Å². The van der Waals surface area contributed by atoms with Crippen LogP contribution < -0.4 is 26.5 Å². The lowest BCUT2D eigenvalue weighted by atomic mass is 10.2. The molecule has 0 radical (unpaired) electrons. The number of rotatable bonds is 7. The summed E-state index contributed by atoms with van der Waals surface area (Å²) < 4.78 is 0. The predicted octanol–water partition coefficient (Wildman–Crippen LogP) is 5.92. The molecule has 0 unspecified atom stereocenters. The van der Waals surface area contributed by atoms with Gasteiger partial charge in [-0.25, -0.2) is 0 Å². The monoisotopic (exact) mass is 444 g/mol. The zero-order chi connectivity index (χ0) is 22.3. The van der Waals surface area contributed by atoms with Gasteiger partial charge in [0, 0.05) is 6.54 Å². The fourth-order valence-corrected chi connectivity index (χ4v) is 8.94. The van der Waals surface area contributed by atoms with Crippen molar-refractivity contribution in [3.8, 4) is 0 Å². The molecule has 0 saturated carbocycles. The average Bonchev–Trinajstić information content (AvgIpc) is 2.91. The van der Waals surface area contributed by atoms with Crippen molar-refractivity contribution in [2.45, 2.75) is 6.54 Å². The lowest BCUT2D eigenvalue weighted by molar-refractivity contribution is 1.15. The van der Waals surface area contributed by atoms with Crippen molar-refractivity contribution in [1.82, 2.24) is 0 Å². The van der Waals surface area contributed by atoms with Crippen LogP contribution in [-0.2, 0) is 6.54 Å². The maximum Gasteiger partial charge on any atom is 0.146 e. The average molecular weight is 445 g/mol. The maximum absolute atomic E-state index is 3.77. The molecule has 5 rings (SSSR count). The largest absolute Gasteiger partial charge is 0.378 e. The summed E-state index contributed by atoms with van der Waals surface area (Å²) in [5.74, 6) is 0. The van der Waals surface area contributed by atoms with E-state index in [0.29, 0.717) is 0 Å². The van der Waals surface area contributed by atoms with Crippen LogP contribution in [0, 0.1) is 0 Å². The van der Waals surface area contributed by atoms with Crippen LogP contribution in [0.5, 0.6) is 0 Å². The highest BCUT2D eigenvalue weighted by atomic mass is 31.2. The normalized spacial score (nSPS) is 11.2. The van der Waals surface area contributed by atoms with Crippen LogP contribution in [-0.4, -0.2) is 0 Å². The van der Waals surface area contributed by atoms with Crippen LogP contribution in [0.25, 0.3) is 0 Å². The van der Waals surface area contributed by atoms with Crippen molar-refractivity contribution < 1.29 is 0 Å². The first-order valence-corrected chi connectivity index (χ1v) is 13.1. The number of nitrogens with one attached hydrogen (secondary N) is 1. The molecule has 5 aromatic rings. The van der Waals surface area contributed by atoms with Crippen molar-refractivity contribution in [2.24, 2.45) is 0 Å². The Balaban J connectivity index is 1.76. The number of para-hydroxylation sites is 1. The molecule has 1 nitrogen and oxygen atoms in total. The van der Waals surface area contributed by atoms with E-state index >= 15 is 0 Å². The van der Waals surface area contributed by atoms with Crippen molar-refractivity contribution >= 4 is 34.2 Å². The molecule has 0 aliphatic heterocycles. The summed E-state index contributed by atoms with van der Waals surface area (Å²) in [5, 5.41) is 9.20. The topological polar surface area (TPSA) is 12.0 Å². The summed E-state index contributed by atoms with van der Waals surface area (Å²) in [6, 6.07) is 52.5. The standard InChI is InChI=1S/C31H27NP/c1-5-15-26(16-6-1)25-32-30-23-13-14-24-31(30)33(27-17-7-2-8-18-27,28-19-9-3-10-20-28)29-21-11-4-12-22-29/h1-24,32H,25H2/q+1. The van der Waals surface area contributed by atoms with E-state index in [1.165, 1.54) is 32.5 Å². The van der Waals surface area contributed by atoms with Crippen LogP contribution in [0.15, 0.2) is 146 Å². The first-order chi connectivity index (χ1) is 16.4. The summed E-state index contributed by atoms with van der Waals surface area (Å²) in [6.45, 7) is 0.788. The molecule has 1 N–H and O–H groups in total. The van der Waals surface area contributed by atoms with Crippen LogP contribution in [0.4, 0.5) is 5.69 Å². The highest BCUT2D eigenvalue weighted by Crippen LogP contribution is 2.55. The molecule has 0 fully saturated rings. The van der Waals surface area contributed by atoms with E-state index in [-0.39, 0.29) is 0 Å². The summed E-state index contributed by atoms with van der Waals surface area (Å²) in [5.41, 5.74) is 2.46. The molecule has 0 heterocycles. The smallest absolute Gasteiger partial charge is 0.146 e. The minimum atomic E-state index is -2.13. The quantitative estimate of drug-likeness (QED) is 0.307. The van der Waals surface area contributed by atoms with Crippen molar-refractivity contribution in [3.63, 3.8) is 0 Å². The second-order valence-corrected chi connectivity index (χ2v) is 11.4. The van der Waals surface area contributed by atoms with Crippen LogP contribution in [0.1, 0.15) is 5.56 Å². The molecule has 5 aromatic carbocycles. The van der Waals surface area contributed by atoms with Gasteiger partial charge in [-0.2, -0.15) is 0 Å². The van der Waals surface area contributed by atoms with Gasteiger partial charge in [0.2, 0.25) is 0 Å². The number of hydrogen-bond donors (Lipinski definition) is 1. The lowest BCUT2D eigenvalue weighted by Gasteiger charge is -2.29. The van der Waals surface area contributed by atoms with Gasteiger partial charge in [-0.1, -0.05) is 97.1 Å². The van der Waals surface area contributed by atoms with E-state index in [1.807, 2.05) is 0 Å². The highest BCUT2D eigenvalue weighted by Gasteiger charge is 2.49. The Morgan fingerprint density at radius 2 is 0.818 bits per heavy atom. The second kappa shape index (κ2) is 9.86. The van der Waals surface area contributed by atoms with Gasteiger partial charge in [0.25, 0.3) is 0 Å². The van der Waals surface area contributed by atoms with E-state index in [0.717, 1.165) is 6.54 Å². The van der Waals surface area contributed by atoms with Crippen molar-refractivity contribution in [2.75, 3.05) is 5.32 Å². The third-order valence-corrected chi connectivity index (χ3v) is 10.4. The van der Waals surface area contributed by atoms with Crippen LogP contribution in [0.3, 0.4) is 0 Å². The van der Waals surface area contributed by atoms with Crippen LogP contribution >= 0.6 is 7.26 Å². The summed E-state index contributed by atoms with van der Waals surface area (Å²) >= 11 is 0. The molecule has 0 spiro atoms. The molecule has 0 amide bonds. The van der Waals surface area contributed by atoms with Gasteiger partial charge in [-0.3, -0.25) is 0 Å². The molecular formula is C31H27NP+. The molecule has 0 aliphatic carbocycles. The Hall–Kier alpha value is -3.67. The maximum atomic E-state index is 3.77. The summed E-state index contributed by atoms with van der Waals surface area (Å²) in [6.07, 6.45) is 0. The molecule has 0 aromatic heterocycles. The zero-order valence-electron chi connectivity index (χ0n) is 18.5. The first-order valence-electron chi connectivity index (χ1n) is 11.3. The minimum Gasteiger partial charge on any atom is -0.378 e. The van der Waals surface area contributed by atoms with Gasteiger partial charge < -0.3 is 5.32 Å². The Morgan fingerprint density at radius 3 is 1.30 bits per heavy atom. The Kier molecular flexibility index (Phi) is 6.33. The predicted molar refractivity (Wildman–Crippen MR) is 145 cm³/mol. The van der Waals surface area contributed by atoms with Gasteiger partial charge >= 0.3 is 0 Å². The second-order valence-electron chi connectivity index (χ2n) is 8.03. The number of benzene rings is 5. The van der Waals surface area contributed by atoms with Gasteiger partial charge in [0.05, 0.1) is 5.69 Å². The highest BCUT2D eigenvalue weighted by molar-refractivity contribution is 8.01. The van der Waals surface area contributed by atoms with Gasteiger partial charge in [-0.05, 0) is 54.1 Å². The Bertz CT molecular complexity index is 1190. The first kappa shape index (κ1) is 21.2. The molecule has 0 saturated heterocycles. The van der Waals surface area contributed by atoms with E-state index < -0.39 is 7.26 Å². The number of anilines is 1. The molecule has 0 atom stereocenters. The zero-order valence-corrected chi connectivity index (χ0v) is 19.4.